The fourth-order valence-electron chi connectivity index (χ4n) is 3.55. The van der Waals surface area contributed by atoms with Crippen LogP contribution in [0.1, 0.15) is 35.7 Å². The first-order chi connectivity index (χ1) is 12.4. The topological polar surface area (TPSA) is 32.3 Å². The van der Waals surface area contributed by atoms with Crippen molar-refractivity contribution < 1.29 is 9.18 Å². The second-order valence-electron chi connectivity index (χ2n) is 7.20. The van der Waals surface area contributed by atoms with E-state index in [4.69, 9.17) is 11.6 Å². The third kappa shape index (κ3) is 4.63. The molecule has 2 atom stereocenters. The number of carbonyl (C=O) groups excluding carboxylic acids is 1. The molecule has 3 nitrogen and oxygen atoms in total. The number of nitrogens with zero attached hydrogens (tertiary/aromatic N) is 1. The van der Waals surface area contributed by atoms with Crippen LogP contribution >= 0.6 is 11.6 Å². The molecule has 1 aliphatic rings. The lowest BCUT2D eigenvalue weighted by Gasteiger charge is -2.35. The first kappa shape index (κ1) is 18.9. The zero-order valence-electron chi connectivity index (χ0n) is 15.1. The van der Waals surface area contributed by atoms with E-state index in [2.05, 4.69) is 30.3 Å². The van der Waals surface area contributed by atoms with E-state index in [1.54, 1.807) is 0 Å². The molecular weight excluding hydrogens is 351 g/mol. The predicted molar refractivity (Wildman–Crippen MR) is 104 cm³/mol. The van der Waals surface area contributed by atoms with E-state index in [1.165, 1.54) is 30.5 Å². The third-order valence-electron chi connectivity index (χ3n) is 5.20. The van der Waals surface area contributed by atoms with Gasteiger partial charge in [-0.05, 0) is 81.6 Å². The first-order valence-electron chi connectivity index (χ1n) is 8.98. The summed E-state index contributed by atoms with van der Waals surface area (Å²) < 4.78 is 13.1. The second-order valence-corrected chi connectivity index (χ2v) is 7.61. The number of hydrogen-bond donors (Lipinski definition) is 1. The highest BCUT2D eigenvalue weighted by atomic mass is 35.5. The molecule has 0 bridgehead atoms. The molecule has 3 rings (SSSR count). The summed E-state index contributed by atoms with van der Waals surface area (Å²) in [5, 5.41) is 2.97. The maximum atomic E-state index is 13.1. The molecule has 1 amide bonds. The van der Waals surface area contributed by atoms with Crippen LogP contribution in [0.15, 0.2) is 42.5 Å². The summed E-state index contributed by atoms with van der Waals surface area (Å²) in [6, 6.07) is 12.3. The van der Waals surface area contributed by atoms with Crippen molar-refractivity contribution in [2.75, 3.05) is 18.9 Å². The highest BCUT2D eigenvalue weighted by Crippen LogP contribution is 2.26. The van der Waals surface area contributed by atoms with Gasteiger partial charge in [-0.2, -0.15) is 0 Å². The largest absolute Gasteiger partial charge is 0.322 e. The van der Waals surface area contributed by atoms with Crippen LogP contribution in [0.3, 0.4) is 0 Å². The molecule has 1 fully saturated rings. The standard InChI is InChI=1S/C21H24ClFN2O/c1-14-10-16(8-9-25(14)2)11-15-4-3-5-18(12-15)24-21(26)19-7-6-17(23)13-20(19)22/h3-7,12-14,16H,8-11H2,1-2H3,(H,24,26)/t14-,16-/m1/s1. The van der Waals surface area contributed by atoms with Crippen molar-refractivity contribution >= 4 is 23.2 Å². The van der Waals surface area contributed by atoms with Crippen molar-refractivity contribution in [3.8, 4) is 0 Å². The van der Waals surface area contributed by atoms with Gasteiger partial charge in [0.05, 0.1) is 10.6 Å². The van der Waals surface area contributed by atoms with E-state index in [-0.39, 0.29) is 16.5 Å². The van der Waals surface area contributed by atoms with Crippen molar-refractivity contribution in [2.45, 2.75) is 32.2 Å². The van der Waals surface area contributed by atoms with E-state index in [0.29, 0.717) is 12.0 Å². The van der Waals surface area contributed by atoms with Gasteiger partial charge in [-0.25, -0.2) is 4.39 Å². The lowest BCUT2D eigenvalue weighted by Crippen LogP contribution is -2.38. The number of hydrogen-bond acceptors (Lipinski definition) is 2. The highest BCUT2D eigenvalue weighted by Gasteiger charge is 2.23. The van der Waals surface area contributed by atoms with Crippen molar-refractivity contribution in [1.29, 1.82) is 0 Å². The lowest BCUT2D eigenvalue weighted by molar-refractivity contribution is 0.102. The molecule has 1 heterocycles. The Bertz CT molecular complexity index is 795. The predicted octanol–water partition coefficient (Wildman–Crippen LogP) is 5.00. The molecule has 1 saturated heterocycles. The van der Waals surface area contributed by atoms with Crippen molar-refractivity contribution in [3.05, 3.63) is 64.4 Å². The monoisotopic (exact) mass is 374 g/mol. The summed E-state index contributed by atoms with van der Waals surface area (Å²) >= 11 is 5.97. The van der Waals surface area contributed by atoms with Crippen LogP contribution in [0.25, 0.3) is 0 Å². The van der Waals surface area contributed by atoms with Gasteiger partial charge >= 0.3 is 0 Å². The zero-order chi connectivity index (χ0) is 18.7. The molecular formula is C21H24ClFN2O. The molecule has 1 N–H and O–H groups in total. The Hall–Kier alpha value is -1.91. The fourth-order valence-corrected chi connectivity index (χ4v) is 3.81. The Morgan fingerprint density at radius 1 is 1.31 bits per heavy atom. The van der Waals surface area contributed by atoms with Gasteiger partial charge in [-0.15, -0.1) is 0 Å². The molecule has 5 heteroatoms. The Balaban J connectivity index is 1.66. The molecule has 0 unspecified atom stereocenters. The maximum Gasteiger partial charge on any atom is 0.257 e. The van der Waals surface area contributed by atoms with E-state index in [0.717, 1.165) is 24.7 Å². The minimum Gasteiger partial charge on any atom is -0.322 e. The molecule has 2 aromatic carbocycles. The molecule has 138 valence electrons. The molecule has 0 saturated carbocycles. The molecule has 0 spiro atoms. The van der Waals surface area contributed by atoms with Crippen LogP contribution in [0.5, 0.6) is 0 Å². The first-order valence-corrected chi connectivity index (χ1v) is 9.35. The molecule has 26 heavy (non-hydrogen) atoms. The number of benzene rings is 2. The maximum absolute atomic E-state index is 13.1. The van der Waals surface area contributed by atoms with Crippen LogP contribution in [-0.2, 0) is 6.42 Å². The van der Waals surface area contributed by atoms with Crippen LogP contribution < -0.4 is 5.32 Å². The normalized spacial score (nSPS) is 20.8. The number of piperidine rings is 1. The molecule has 0 radical (unpaired) electrons. The average Bonchev–Trinajstić information content (AvgIpc) is 2.58. The summed E-state index contributed by atoms with van der Waals surface area (Å²) in [7, 11) is 2.18. The number of anilines is 1. The average molecular weight is 375 g/mol. The second kappa shape index (κ2) is 8.19. The van der Waals surface area contributed by atoms with Crippen LogP contribution in [0.2, 0.25) is 5.02 Å². The van der Waals surface area contributed by atoms with Crippen LogP contribution in [0, 0.1) is 11.7 Å². The minimum absolute atomic E-state index is 0.110. The van der Waals surface area contributed by atoms with Gasteiger partial charge in [-0.3, -0.25) is 4.79 Å². The summed E-state index contributed by atoms with van der Waals surface area (Å²) in [6.07, 6.45) is 3.40. The Morgan fingerprint density at radius 3 is 2.85 bits per heavy atom. The summed E-state index contributed by atoms with van der Waals surface area (Å²) in [6.45, 7) is 3.40. The molecule has 2 aromatic rings. The van der Waals surface area contributed by atoms with Gasteiger partial charge in [0.1, 0.15) is 5.82 Å². The lowest BCUT2D eigenvalue weighted by atomic mass is 9.87. The zero-order valence-corrected chi connectivity index (χ0v) is 15.9. The summed E-state index contributed by atoms with van der Waals surface area (Å²) in [5.41, 5.74) is 2.21. The quantitative estimate of drug-likeness (QED) is 0.816. The van der Waals surface area contributed by atoms with Gasteiger partial charge in [-0.1, -0.05) is 23.7 Å². The summed E-state index contributed by atoms with van der Waals surface area (Å²) in [4.78, 5) is 14.8. The Labute approximate surface area is 159 Å². The SMILES string of the molecule is C[C@@H]1C[C@H](Cc2cccc(NC(=O)c3ccc(F)cc3Cl)c2)CCN1C. The van der Waals surface area contributed by atoms with E-state index < -0.39 is 5.82 Å². The van der Waals surface area contributed by atoms with Gasteiger partial charge < -0.3 is 10.2 Å². The summed E-state index contributed by atoms with van der Waals surface area (Å²) in [5.74, 6) is -0.125. The fraction of sp³-hybridized carbons (Fsp3) is 0.381. The van der Waals surface area contributed by atoms with E-state index >= 15 is 0 Å². The number of carbonyl (C=O) groups is 1. The molecule has 0 aliphatic carbocycles. The number of likely N-dealkylation sites (tertiary alicyclic amines) is 1. The number of rotatable bonds is 4. The van der Waals surface area contributed by atoms with Crippen LogP contribution in [0.4, 0.5) is 10.1 Å². The van der Waals surface area contributed by atoms with Crippen molar-refractivity contribution in [2.24, 2.45) is 5.92 Å². The Kier molecular flexibility index (Phi) is 5.94. The van der Waals surface area contributed by atoms with Gasteiger partial charge in [0, 0.05) is 11.7 Å². The third-order valence-corrected chi connectivity index (χ3v) is 5.51. The molecule has 0 aromatic heterocycles. The Morgan fingerprint density at radius 2 is 2.12 bits per heavy atom. The van der Waals surface area contributed by atoms with Gasteiger partial charge in [0.2, 0.25) is 0 Å². The van der Waals surface area contributed by atoms with Crippen LogP contribution in [-0.4, -0.2) is 30.4 Å². The number of nitrogens with one attached hydrogen (secondary N) is 1. The minimum atomic E-state index is -0.457. The van der Waals surface area contributed by atoms with Gasteiger partial charge in [0.25, 0.3) is 5.91 Å². The highest BCUT2D eigenvalue weighted by molar-refractivity contribution is 6.34. The number of amides is 1. The number of halogens is 2. The van der Waals surface area contributed by atoms with Crippen molar-refractivity contribution in [3.63, 3.8) is 0 Å². The molecule has 1 aliphatic heterocycles. The van der Waals surface area contributed by atoms with E-state index in [1.807, 2.05) is 18.2 Å². The van der Waals surface area contributed by atoms with Gasteiger partial charge in [0.15, 0.2) is 0 Å². The van der Waals surface area contributed by atoms with Crippen molar-refractivity contribution in [1.82, 2.24) is 4.90 Å². The smallest absolute Gasteiger partial charge is 0.257 e. The van der Waals surface area contributed by atoms with E-state index in [9.17, 15) is 9.18 Å².